The summed E-state index contributed by atoms with van der Waals surface area (Å²) in [6.07, 6.45) is 12.4. The van der Waals surface area contributed by atoms with Gasteiger partial charge in [0.2, 0.25) is 0 Å². The molecule has 0 N–H and O–H groups in total. The minimum atomic E-state index is -1.77. The molecule has 0 aliphatic carbocycles. The Morgan fingerprint density at radius 2 is 1.83 bits per heavy atom. The molecule has 1 atom stereocenters. The minimum absolute atomic E-state index is 0.156. The number of ether oxygens (including phenoxy) is 1. The fourth-order valence-electron chi connectivity index (χ4n) is 2.01. The topological polar surface area (TPSA) is 52.6 Å². The average molecular weight is 341 g/mol. The first-order chi connectivity index (χ1) is 10.8. The standard InChI is InChI=1S/C18H32O4Si/c1-6-7-8-9-10-11-12-13-17(22-23(3,4)5)14-16(19)15-18(20)21-2/h10-13,17H,6-9,14-15H2,1-5H3. The van der Waals surface area contributed by atoms with Crippen molar-refractivity contribution in [1.29, 1.82) is 0 Å². The van der Waals surface area contributed by atoms with Crippen LogP contribution in [0.15, 0.2) is 24.3 Å². The van der Waals surface area contributed by atoms with Gasteiger partial charge in [0.25, 0.3) is 0 Å². The van der Waals surface area contributed by atoms with Crippen molar-refractivity contribution in [3.63, 3.8) is 0 Å². The zero-order chi connectivity index (χ0) is 17.7. The zero-order valence-corrected chi connectivity index (χ0v) is 16.3. The van der Waals surface area contributed by atoms with Crippen LogP contribution in [-0.2, 0) is 18.8 Å². The predicted octanol–water partition coefficient (Wildman–Crippen LogP) is 4.42. The molecule has 1 unspecified atom stereocenters. The van der Waals surface area contributed by atoms with Gasteiger partial charge >= 0.3 is 5.97 Å². The Kier molecular flexibility index (Phi) is 11.6. The van der Waals surface area contributed by atoms with E-state index in [1.807, 2.05) is 18.2 Å². The molecule has 0 rings (SSSR count). The fourth-order valence-corrected chi connectivity index (χ4v) is 3.08. The van der Waals surface area contributed by atoms with E-state index in [0.717, 1.165) is 6.42 Å². The molecule has 0 spiro atoms. The van der Waals surface area contributed by atoms with Gasteiger partial charge in [0, 0.05) is 6.42 Å². The zero-order valence-electron chi connectivity index (χ0n) is 15.3. The second kappa shape index (κ2) is 12.2. The van der Waals surface area contributed by atoms with Gasteiger partial charge in [-0.15, -0.1) is 0 Å². The van der Waals surface area contributed by atoms with Crippen molar-refractivity contribution < 1.29 is 18.8 Å². The van der Waals surface area contributed by atoms with Gasteiger partial charge in [-0.3, -0.25) is 9.59 Å². The molecule has 0 aliphatic rings. The number of methoxy groups -OCH3 is 1. The van der Waals surface area contributed by atoms with Crippen LogP contribution >= 0.6 is 0 Å². The predicted molar refractivity (Wildman–Crippen MR) is 96.9 cm³/mol. The Hall–Kier alpha value is -1.20. The first kappa shape index (κ1) is 21.8. The number of carbonyl (C=O) groups is 2. The highest BCUT2D eigenvalue weighted by atomic mass is 28.4. The number of unbranched alkanes of at least 4 members (excludes halogenated alkanes) is 3. The molecule has 0 bridgehead atoms. The number of allylic oxidation sites excluding steroid dienone is 3. The highest BCUT2D eigenvalue weighted by Gasteiger charge is 2.22. The van der Waals surface area contributed by atoms with E-state index in [0.29, 0.717) is 0 Å². The third kappa shape index (κ3) is 14.1. The van der Waals surface area contributed by atoms with Crippen LogP contribution in [0.4, 0.5) is 0 Å². The summed E-state index contributed by atoms with van der Waals surface area (Å²) >= 11 is 0. The molecule has 0 aromatic carbocycles. The number of ketones is 1. The minimum Gasteiger partial charge on any atom is -0.469 e. The van der Waals surface area contributed by atoms with E-state index in [1.165, 1.54) is 26.4 Å². The van der Waals surface area contributed by atoms with Crippen molar-refractivity contribution in [3.8, 4) is 0 Å². The molecule has 0 aliphatic heterocycles. The van der Waals surface area contributed by atoms with Gasteiger partial charge in [-0.25, -0.2) is 0 Å². The largest absolute Gasteiger partial charge is 0.469 e. The van der Waals surface area contributed by atoms with Crippen LogP contribution in [0.2, 0.25) is 19.6 Å². The van der Waals surface area contributed by atoms with Crippen molar-refractivity contribution in [2.24, 2.45) is 0 Å². The Balaban J connectivity index is 4.50. The molecule has 0 radical (unpaired) electrons. The third-order valence-electron chi connectivity index (χ3n) is 3.05. The highest BCUT2D eigenvalue weighted by Crippen LogP contribution is 2.13. The monoisotopic (exact) mass is 340 g/mol. The summed E-state index contributed by atoms with van der Waals surface area (Å²) in [6.45, 7) is 8.44. The van der Waals surface area contributed by atoms with E-state index in [2.05, 4.69) is 37.4 Å². The molecule has 4 nitrogen and oxygen atoms in total. The number of rotatable bonds is 12. The van der Waals surface area contributed by atoms with Gasteiger partial charge in [0.05, 0.1) is 13.2 Å². The van der Waals surface area contributed by atoms with Gasteiger partial charge in [-0.1, -0.05) is 44.1 Å². The van der Waals surface area contributed by atoms with Crippen LogP contribution in [0, 0.1) is 0 Å². The van der Waals surface area contributed by atoms with Crippen molar-refractivity contribution in [2.45, 2.75) is 71.2 Å². The summed E-state index contributed by atoms with van der Waals surface area (Å²) in [6, 6.07) is 0. The molecule has 0 aromatic rings. The lowest BCUT2D eigenvalue weighted by Gasteiger charge is -2.23. The first-order valence-corrected chi connectivity index (χ1v) is 11.8. The number of esters is 1. The molecule has 0 saturated carbocycles. The molecule has 0 aromatic heterocycles. The van der Waals surface area contributed by atoms with E-state index < -0.39 is 14.3 Å². The Morgan fingerprint density at radius 1 is 1.13 bits per heavy atom. The van der Waals surface area contributed by atoms with Crippen LogP contribution < -0.4 is 0 Å². The van der Waals surface area contributed by atoms with Crippen LogP contribution in [-0.4, -0.2) is 33.3 Å². The summed E-state index contributed by atoms with van der Waals surface area (Å²) in [5.41, 5.74) is 0. The smallest absolute Gasteiger partial charge is 0.313 e. The number of Topliss-reactive ketones (excluding diaryl/α,β-unsaturated/α-hetero) is 1. The normalized spacial score (nSPS) is 13.6. The van der Waals surface area contributed by atoms with Crippen molar-refractivity contribution in [1.82, 2.24) is 0 Å². The molecule has 5 heteroatoms. The maximum Gasteiger partial charge on any atom is 0.313 e. The summed E-state index contributed by atoms with van der Waals surface area (Å²) in [5, 5.41) is 0. The Bertz CT molecular complexity index is 408. The second-order valence-corrected chi connectivity index (χ2v) is 11.0. The summed E-state index contributed by atoms with van der Waals surface area (Å²) in [4.78, 5) is 23.1. The number of carbonyl (C=O) groups excluding carboxylic acids is 2. The molecular formula is C18H32O4Si. The molecule has 23 heavy (non-hydrogen) atoms. The number of hydrogen-bond acceptors (Lipinski definition) is 4. The van der Waals surface area contributed by atoms with Crippen LogP contribution in [0.1, 0.15) is 45.4 Å². The molecular weight excluding hydrogens is 308 g/mol. The summed E-state index contributed by atoms with van der Waals surface area (Å²) in [5.74, 6) is -0.654. The first-order valence-electron chi connectivity index (χ1n) is 8.38. The van der Waals surface area contributed by atoms with Gasteiger partial charge in [0.1, 0.15) is 12.2 Å². The van der Waals surface area contributed by atoms with Gasteiger partial charge in [-0.05, 0) is 32.5 Å². The van der Waals surface area contributed by atoms with Gasteiger partial charge in [0.15, 0.2) is 8.32 Å². The quantitative estimate of drug-likeness (QED) is 0.173. The van der Waals surface area contributed by atoms with Crippen molar-refractivity contribution in [3.05, 3.63) is 24.3 Å². The highest BCUT2D eigenvalue weighted by molar-refractivity contribution is 6.69. The van der Waals surface area contributed by atoms with Crippen LogP contribution in [0.5, 0.6) is 0 Å². The summed E-state index contributed by atoms with van der Waals surface area (Å²) in [7, 11) is -0.479. The van der Waals surface area contributed by atoms with Crippen molar-refractivity contribution in [2.75, 3.05) is 7.11 Å². The van der Waals surface area contributed by atoms with Crippen LogP contribution in [0.3, 0.4) is 0 Å². The molecule has 0 saturated heterocycles. The van der Waals surface area contributed by atoms with E-state index in [-0.39, 0.29) is 24.7 Å². The average Bonchev–Trinajstić information content (AvgIpc) is 2.44. The maximum absolute atomic E-state index is 11.9. The van der Waals surface area contributed by atoms with E-state index in [4.69, 9.17) is 4.43 Å². The van der Waals surface area contributed by atoms with E-state index in [1.54, 1.807) is 0 Å². The van der Waals surface area contributed by atoms with E-state index in [9.17, 15) is 9.59 Å². The van der Waals surface area contributed by atoms with Crippen molar-refractivity contribution >= 4 is 20.1 Å². The van der Waals surface area contributed by atoms with Gasteiger partial charge in [-0.2, -0.15) is 0 Å². The number of hydrogen-bond donors (Lipinski definition) is 0. The second-order valence-electron chi connectivity index (χ2n) is 6.57. The fraction of sp³-hybridized carbons (Fsp3) is 0.667. The Morgan fingerprint density at radius 3 is 2.39 bits per heavy atom. The summed E-state index contributed by atoms with van der Waals surface area (Å²) < 4.78 is 10.5. The lowest BCUT2D eigenvalue weighted by molar-refractivity contribution is -0.143. The third-order valence-corrected chi connectivity index (χ3v) is 4.06. The lowest BCUT2D eigenvalue weighted by atomic mass is 10.1. The maximum atomic E-state index is 11.9. The Labute approximate surface area is 142 Å². The molecule has 0 fully saturated rings. The van der Waals surface area contributed by atoms with Gasteiger partial charge < -0.3 is 9.16 Å². The molecule has 132 valence electrons. The van der Waals surface area contributed by atoms with Crippen LogP contribution in [0.25, 0.3) is 0 Å². The van der Waals surface area contributed by atoms with E-state index >= 15 is 0 Å². The lowest BCUT2D eigenvalue weighted by Crippen LogP contribution is -2.32. The molecule has 0 heterocycles. The molecule has 0 amide bonds. The SMILES string of the molecule is CCCCCC=CC=CC(CC(=O)CC(=O)OC)O[Si](C)(C)C.